The summed E-state index contributed by atoms with van der Waals surface area (Å²) in [5.41, 5.74) is 0.500. The van der Waals surface area contributed by atoms with Crippen molar-refractivity contribution >= 4 is 28.7 Å². The fraction of sp³-hybridized carbons (Fsp3) is 0.409. The lowest BCUT2D eigenvalue weighted by atomic mass is 9.91. The molecule has 2 aromatic carbocycles. The number of benzene rings is 2. The highest BCUT2D eigenvalue weighted by Crippen LogP contribution is 2.41. The number of hydrogen-bond donors (Lipinski definition) is 1. The third-order valence-electron chi connectivity index (χ3n) is 4.87. The molecule has 1 heterocycles. The van der Waals surface area contributed by atoms with E-state index in [1.165, 1.54) is 20.8 Å². The first-order valence-electron chi connectivity index (χ1n) is 9.60. The summed E-state index contributed by atoms with van der Waals surface area (Å²) in [6.07, 6.45) is -3.20. The highest BCUT2D eigenvalue weighted by atomic mass is 16.6. The lowest BCUT2D eigenvalue weighted by molar-refractivity contribution is -0.216. The minimum Gasteiger partial charge on any atom is -0.507 e. The Kier molecular flexibility index (Phi) is 6.56. The van der Waals surface area contributed by atoms with Crippen LogP contribution in [0.2, 0.25) is 0 Å². The van der Waals surface area contributed by atoms with Crippen LogP contribution in [0.1, 0.15) is 38.9 Å². The van der Waals surface area contributed by atoms with E-state index in [-0.39, 0.29) is 18.8 Å². The van der Waals surface area contributed by atoms with Crippen LogP contribution in [0.25, 0.3) is 10.8 Å². The van der Waals surface area contributed by atoms with Gasteiger partial charge in [0.15, 0.2) is 6.10 Å². The van der Waals surface area contributed by atoms with Crippen LogP contribution in [0, 0.1) is 0 Å². The minimum absolute atomic E-state index is 0.0526. The smallest absolute Gasteiger partial charge is 0.303 e. The van der Waals surface area contributed by atoms with Gasteiger partial charge in [0.2, 0.25) is 0 Å². The first-order chi connectivity index (χ1) is 14.3. The zero-order valence-corrected chi connectivity index (χ0v) is 17.0. The average Bonchev–Trinajstić information content (AvgIpc) is 2.68. The zero-order chi connectivity index (χ0) is 21.8. The molecular weight excluding hydrogens is 392 g/mol. The molecule has 4 atom stereocenters. The Balaban J connectivity index is 1.97. The molecule has 1 saturated heterocycles. The van der Waals surface area contributed by atoms with E-state index in [0.717, 1.165) is 5.39 Å². The molecule has 0 bridgehead atoms. The van der Waals surface area contributed by atoms with E-state index in [1.54, 1.807) is 12.1 Å². The molecule has 3 rings (SSSR count). The van der Waals surface area contributed by atoms with Gasteiger partial charge in [0.05, 0.1) is 6.10 Å². The summed E-state index contributed by atoms with van der Waals surface area (Å²) < 4.78 is 21.9. The molecule has 1 fully saturated rings. The van der Waals surface area contributed by atoms with Gasteiger partial charge in [-0.3, -0.25) is 14.4 Å². The fourth-order valence-electron chi connectivity index (χ4n) is 3.67. The van der Waals surface area contributed by atoms with E-state index in [1.807, 2.05) is 24.3 Å². The van der Waals surface area contributed by atoms with Crippen molar-refractivity contribution < 1.29 is 38.4 Å². The third-order valence-corrected chi connectivity index (χ3v) is 4.87. The van der Waals surface area contributed by atoms with Crippen molar-refractivity contribution in [3.8, 4) is 5.75 Å². The Morgan fingerprint density at radius 1 is 1.00 bits per heavy atom. The normalized spacial score (nSPS) is 23.6. The molecule has 0 aromatic heterocycles. The predicted octanol–water partition coefficient (Wildman–Crippen LogP) is 2.80. The van der Waals surface area contributed by atoms with Crippen molar-refractivity contribution in [3.05, 3.63) is 42.0 Å². The lowest BCUT2D eigenvalue weighted by Gasteiger charge is -2.40. The van der Waals surface area contributed by atoms with Gasteiger partial charge in [-0.05, 0) is 5.39 Å². The molecule has 1 aliphatic rings. The molecule has 1 N–H and O–H groups in total. The topological polar surface area (TPSA) is 108 Å². The Morgan fingerprint density at radius 2 is 1.70 bits per heavy atom. The third kappa shape index (κ3) is 4.88. The van der Waals surface area contributed by atoms with Gasteiger partial charge in [-0.2, -0.15) is 0 Å². The second kappa shape index (κ2) is 9.13. The molecule has 0 amide bonds. The lowest BCUT2D eigenvalue weighted by Crippen LogP contribution is -2.51. The molecule has 8 heteroatoms. The Hall–Kier alpha value is -3.13. The van der Waals surface area contributed by atoms with Crippen molar-refractivity contribution in [2.24, 2.45) is 0 Å². The van der Waals surface area contributed by atoms with E-state index >= 15 is 0 Å². The van der Waals surface area contributed by atoms with Gasteiger partial charge >= 0.3 is 17.9 Å². The SMILES string of the molecule is CC(=O)OCC1O[C@@H](c2ccc3ccccc3c2O)C[C@@H](OC(C)=O)[C@@H]1OC(C)=O. The van der Waals surface area contributed by atoms with Crippen molar-refractivity contribution in [1.82, 2.24) is 0 Å². The van der Waals surface area contributed by atoms with Crippen molar-refractivity contribution in [2.45, 2.75) is 51.6 Å². The van der Waals surface area contributed by atoms with Gasteiger partial charge in [-0.1, -0.05) is 36.4 Å². The van der Waals surface area contributed by atoms with E-state index in [4.69, 9.17) is 18.9 Å². The van der Waals surface area contributed by atoms with Crippen LogP contribution in [0.4, 0.5) is 0 Å². The van der Waals surface area contributed by atoms with Gasteiger partial charge in [0.25, 0.3) is 0 Å². The first kappa shape index (κ1) is 21.6. The number of rotatable bonds is 5. The van der Waals surface area contributed by atoms with E-state index < -0.39 is 42.3 Å². The Bertz CT molecular complexity index is 953. The quantitative estimate of drug-likeness (QED) is 0.586. The highest BCUT2D eigenvalue weighted by molar-refractivity contribution is 5.89. The molecular formula is C22H24O8. The number of carbonyl (C=O) groups is 3. The summed E-state index contributed by atoms with van der Waals surface area (Å²) >= 11 is 0. The predicted molar refractivity (Wildman–Crippen MR) is 106 cm³/mol. The number of phenols is 1. The second-order valence-electron chi connectivity index (χ2n) is 7.15. The molecule has 0 saturated carbocycles. The molecule has 0 aliphatic carbocycles. The summed E-state index contributed by atoms with van der Waals surface area (Å²) in [4.78, 5) is 34.6. The number of ether oxygens (including phenoxy) is 4. The van der Waals surface area contributed by atoms with Crippen LogP contribution < -0.4 is 0 Å². The molecule has 8 nitrogen and oxygen atoms in total. The van der Waals surface area contributed by atoms with Crippen LogP contribution in [0.5, 0.6) is 5.75 Å². The zero-order valence-electron chi connectivity index (χ0n) is 17.0. The second-order valence-corrected chi connectivity index (χ2v) is 7.15. The molecule has 1 aliphatic heterocycles. The van der Waals surface area contributed by atoms with E-state index in [2.05, 4.69) is 0 Å². The van der Waals surface area contributed by atoms with Crippen LogP contribution in [-0.2, 0) is 33.3 Å². The standard InChI is InChI=1S/C22H24O8/c1-12(23)27-11-20-22(29-14(3)25)19(28-13(2)24)10-18(30-20)17-9-8-15-6-4-5-7-16(15)21(17)26/h4-9,18-20,22,26H,10-11H2,1-3H3/t18-,19-,20?,22+/m1/s1. The summed E-state index contributed by atoms with van der Waals surface area (Å²) in [5, 5.41) is 12.3. The fourth-order valence-corrected chi connectivity index (χ4v) is 3.67. The first-order valence-corrected chi connectivity index (χ1v) is 9.60. The van der Waals surface area contributed by atoms with E-state index in [9.17, 15) is 19.5 Å². The molecule has 0 radical (unpaired) electrons. The number of aromatic hydroxyl groups is 1. The average molecular weight is 416 g/mol. The Morgan fingerprint density at radius 3 is 2.37 bits per heavy atom. The maximum atomic E-state index is 11.7. The van der Waals surface area contributed by atoms with Gasteiger partial charge in [-0.15, -0.1) is 0 Å². The molecule has 1 unspecified atom stereocenters. The summed E-state index contributed by atoms with van der Waals surface area (Å²) in [6, 6.07) is 10.9. The van der Waals surface area contributed by atoms with Gasteiger partial charge < -0.3 is 24.1 Å². The molecule has 0 spiro atoms. The van der Waals surface area contributed by atoms with Crippen LogP contribution in [-0.4, -0.2) is 47.9 Å². The molecule has 2 aromatic rings. The summed E-state index contributed by atoms with van der Waals surface area (Å²) in [5.74, 6) is -1.61. The van der Waals surface area contributed by atoms with Crippen LogP contribution in [0.3, 0.4) is 0 Å². The maximum absolute atomic E-state index is 11.7. The van der Waals surface area contributed by atoms with E-state index in [0.29, 0.717) is 10.9 Å². The largest absolute Gasteiger partial charge is 0.507 e. The number of phenolic OH excluding ortho intramolecular Hbond substituents is 1. The van der Waals surface area contributed by atoms with Crippen LogP contribution >= 0.6 is 0 Å². The molecule has 30 heavy (non-hydrogen) atoms. The number of hydrogen-bond acceptors (Lipinski definition) is 8. The molecule has 160 valence electrons. The number of esters is 3. The van der Waals surface area contributed by atoms with Gasteiger partial charge in [0, 0.05) is 38.1 Å². The summed E-state index contributed by atoms with van der Waals surface area (Å²) in [7, 11) is 0. The highest BCUT2D eigenvalue weighted by Gasteiger charge is 2.44. The Labute approximate surface area is 173 Å². The number of carbonyl (C=O) groups excluding carboxylic acids is 3. The monoisotopic (exact) mass is 416 g/mol. The van der Waals surface area contributed by atoms with Crippen molar-refractivity contribution in [2.75, 3.05) is 6.61 Å². The van der Waals surface area contributed by atoms with Gasteiger partial charge in [-0.25, -0.2) is 0 Å². The van der Waals surface area contributed by atoms with Crippen LogP contribution in [0.15, 0.2) is 36.4 Å². The summed E-state index contributed by atoms with van der Waals surface area (Å²) in [6.45, 7) is 3.54. The van der Waals surface area contributed by atoms with Gasteiger partial charge in [0.1, 0.15) is 24.6 Å². The number of fused-ring (bicyclic) bond motifs is 1. The van der Waals surface area contributed by atoms with Crippen molar-refractivity contribution in [1.29, 1.82) is 0 Å². The maximum Gasteiger partial charge on any atom is 0.303 e. The van der Waals surface area contributed by atoms with Crippen molar-refractivity contribution in [3.63, 3.8) is 0 Å². The minimum atomic E-state index is -0.954.